The summed E-state index contributed by atoms with van der Waals surface area (Å²) in [6, 6.07) is 11.2. The van der Waals surface area contributed by atoms with E-state index in [1.165, 1.54) is 17.0 Å². The van der Waals surface area contributed by atoms with Gasteiger partial charge in [-0.3, -0.25) is 4.79 Å². The van der Waals surface area contributed by atoms with E-state index in [1.807, 2.05) is 11.0 Å². The summed E-state index contributed by atoms with van der Waals surface area (Å²) in [4.78, 5) is 16.1. The van der Waals surface area contributed by atoms with Crippen molar-refractivity contribution in [1.82, 2.24) is 15.1 Å². The molecule has 3 rings (SSSR count). The number of rotatable bonds is 4. The molecular formula is C19H21F3N4O. The number of benzene rings is 1. The SMILES string of the molecule is O=C(CC(c1ccccc1)C(F)(F)F)N1CCCN(c2cccnn2)CC1. The molecule has 1 saturated heterocycles. The highest BCUT2D eigenvalue weighted by Crippen LogP contribution is 2.37. The molecule has 1 unspecified atom stereocenters. The Kier molecular flexibility index (Phi) is 5.93. The van der Waals surface area contributed by atoms with Crippen LogP contribution in [0.3, 0.4) is 0 Å². The third kappa shape index (κ3) is 4.96. The predicted octanol–water partition coefficient (Wildman–Crippen LogP) is 3.25. The van der Waals surface area contributed by atoms with E-state index in [0.717, 1.165) is 0 Å². The first kappa shape index (κ1) is 19.1. The van der Waals surface area contributed by atoms with Crippen molar-refractivity contribution in [3.8, 4) is 0 Å². The number of hydrogen-bond donors (Lipinski definition) is 0. The quantitative estimate of drug-likeness (QED) is 0.820. The highest BCUT2D eigenvalue weighted by atomic mass is 19.4. The fourth-order valence-electron chi connectivity index (χ4n) is 3.27. The molecule has 2 aromatic rings. The molecule has 0 saturated carbocycles. The molecule has 1 amide bonds. The van der Waals surface area contributed by atoms with Crippen molar-refractivity contribution in [2.75, 3.05) is 31.1 Å². The second-order valence-electron chi connectivity index (χ2n) is 6.51. The van der Waals surface area contributed by atoms with Gasteiger partial charge in [-0.15, -0.1) is 5.10 Å². The highest BCUT2D eigenvalue weighted by Gasteiger charge is 2.42. The van der Waals surface area contributed by atoms with Crippen LogP contribution in [0, 0.1) is 0 Å². The summed E-state index contributed by atoms with van der Waals surface area (Å²) in [5, 5.41) is 7.91. The van der Waals surface area contributed by atoms with Crippen LogP contribution in [0.25, 0.3) is 0 Å². The number of anilines is 1. The molecule has 5 nitrogen and oxygen atoms in total. The molecule has 1 aromatic carbocycles. The molecular weight excluding hydrogens is 357 g/mol. The second kappa shape index (κ2) is 8.37. The maximum Gasteiger partial charge on any atom is 0.396 e. The number of amides is 1. The standard InChI is InChI=1S/C19H21F3N4O/c20-19(21,22)16(15-6-2-1-3-7-15)14-18(27)26-11-5-10-25(12-13-26)17-8-4-9-23-24-17/h1-4,6-9,16H,5,10-14H2. The summed E-state index contributed by atoms with van der Waals surface area (Å²) in [5.41, 5.74) is 0.120. The van der Waals surface area contributed by atoms with Gasteiger partial charge >= 0.3 is 6.18 Å². The molecule has 0 radical (unpaired) electrons. The topological polar surface area (TPSA) is 49.3 Å². The van der Waals surface area contributed by atoms with Gasteiger partial charge in [0.2, 0.25) is 5.91 Å². The first-order valence-electron chi connectivity index (χ1n) is 8.87. The molecule has 0 N–H and O–H groups in total. The molecule has 1 aliphatic heterocycles. The van der Waals surface area contributed by atoms with E-state index in [0.29, 0.717) is 38.4 Å². The van der Waals surface area contributed by atoms with E-state index < -0.39 is 24.4 Å². The van der Waals surface area contributed by atoms with Crippen LogP contribution in [0.5, 0.6) is 0 Å². The Morgan fingerprint density at radius 1 is 1.04 bits per heavy atom. The van der Waals surface area contributed by atoms with Gasteiger partial charge in [0.25, 0.3) is 0 Å². The Labute approximate surface area is 155 Å². The van der Waals surface area contributed by atoms with E-state index in [2.05, 4.69) is 10.2 Å². The van der Waals surface area contributed by atoms with Crippen molar-refractivity contribution in [2.24, 2.45) is 0 Å². The van der Waals surface area contributed by atoms with E-state index >= 15 is 0 Å². The van der Waals surface area contributed by atoms with Crippen molar-refractivity contribution in [1.29, 1.82) is 0 Å². The van der Waals surface area contributed by atoms with Crippen LogP contribution in [-0.2, 0) is 4.79 Å². The summed E-state index contributed by atoms with van der Waals surface area (Å²) in [7, 11) is 0. The minimum Gasteiger partial charge on any atom is -0.353 e. The molecule has 1 atom stereocenters. The van der Waals surface area contributed by atoms with E-state index in [-0.39, 0.29) is 5.56 Å². The van der Waals surface area contributed by atoms with Gasteiger partial charge in [0.05, 0.1) is 5.92 Å². The van der Waals surface area contributed by atoms with E-state index in [9.17, 15) is 18.0 Å². The second-order valence-corrected chi connectivity index (χ2v) is 6.51. The number of halogens is 3. The highest BCUT2D eigenvalue weighted by molar-refractivity contribution is 5.77. The molecule has 1 aliphatic rings. The van der Waals surface area contributed by atoms with Crippen LogP contribution in [-0.4, -0.2) is 53.4 Å². The lowest BCUT2D eigenvalue weighted by atomic mass is 9.94. The maximum atomic E-state index is 13.5. The summed E-state index contributed by atoms with van der Waals surface area (Å²) in [5.74, 6) is -1.54. The van der Waals surface area contributed by atoms with E-state index in [1.54, 1.807) is 30.5 Å². The zero-order valence-electron chi connectivity index (χ0n) is 14.8. The molecule has 0 aliphatic carbocycles. The fraction of sp³-hybridized carbons (Fsp3) is 0.421. The van der Waals surface area contributed by atoms with Gasteiger partial charge in [-0.2, -0.15) is 18.3 Å². The zero-order chi connectivity index (χ0) is 19.3. The molecule has 1 aromatic heterocycles. The predicted molar refractivity (Wildman–Crippen MR) is 95.3 cm³/mol. The van der Waals surface area contributed by atoms with Gasteiger partial charge in [-0.1, -0.05) is 30.3 Å². The van der Waals surface area contributed by atoms with Crippen LogP contribution in [0.15, 0.2) is 48.7 Å². The number of alkyl halides is 3. The average molecular weight is 378 g/mol. The molecule has 8 heteroatoms. The Morgan fingerprint density at radius 2 is 1.81 bits per heavy atom. The molecule has 1 fully saturated rings. The lowest BCUT2D eigenvalue weighted by molar-refractivity contribution is -0.160. The van der Waals surface area contributed by atoms with Crippen molar-refractivity contribution < 1.29 is 18.0 Å². The van der Waals surface area contributed by atoms with Crippen molar-refractivity contribution in [3.63, 3.8) is 0 Å². The number of nitrogens with zero attached hydrogens (tertiary/aromatic N) is 4. The first-order chi connectivity index (χ1) is 12.9. The molecule has 0 spiro atoms. The normalized spacial score (nSPS) is 16.7. The molecule has 2 heterocycles. The van der Waals surface area contributed by atoms with Crippen LogP contribution in [0.2, 0.25) is 0 Å². The number of carbonyl (C=O) groups excluding carboxylic acids is 1. The van der Waals surface area contributed by atoms with Gasteiger partial charge in [-0.25, -0.2) is 0 Å². The lowest BCUT2D eigenvalue weighted by Crippen LogP contribution is -2.37. The van der Waals surface area contributed by atoms with Gasteiger partial charge < -0.3 is 9.80 Å². The van der Waals surface area contributed by atoms with Crippen LogP contribution >= 0.6 is 0 Å². The number of aromatic nitrogens is 2. The third-order valence-electron chi connectivity index (χ3n) is 4.71. The number of hydrogen-bond acceptors (Lipinski definition) is 4. The Hall–Kier alpha value is -2.64. The van der Waals surface area contributed by atoms with Gasteiger partial charge in [0, 0.05) is 38.8 Å². The number of carbonyl (C=O) groups is 1. The smallest absolute Gasteiger partial charge is 0.353 e. The largest absolute Gasteiger partial charge is 0.396 e. The molecule has 144 valence electrons. The zero-order valence-corrected chi connectivity index (χ0v) is 14.8. The Bertz CT molecular complexity index is 740. The van der Waals surface area contributed by atoms with Crippen LogP contribution in [0.1, 0.15) is 24.3 Å². The maximum absolute atomic E-state index is 13.5. The average Bonchev–Trinajstić information content (AvgIpc) is 2.93. The van der Waals surface area contributed by atoms with Gasteiger partial charge in [-0.05, 0) is 24.1 Å². The monoisotopic (exact) mass is 378 g/mol. The van der Waals surface area contributed by atoms with Gasteiger partial charge in [0.15, 0.2) is 5.82 Å². The fourth-order valence-corrected chi connectivity index (χ4v) is 3.27. The minimum absolute atomic E-state index is 0.120. The first-order valence-corrected chi connectivity index (χ1v) is 8.87. The van der Waals surface area contributed by atoms with Gasteiger partial charge in [0.1, 0.15) is 0 Å². The summed E-state index contributed by atoms with van der Waals surface area (Å²) in [6.07, 6.45) is -2.78. The van der Waals surface area contributed by atoms with Crippen molar-refractivity contribution >= 4 is 11.7 Å². The van der Waals surface area contributed by atoms with Crippen molar-refractivity contribution in [3.05, 3.63) is 54.2 Å². The summed E-state index contributed by atoms with van der Waals surface area (Å²) < 4.78 is 40.5. The van der Waals surface area contributed by atoms with E-state index in [4.69, 9.17) is 0 Å². The Balaban J connectivity index is 1.66. The van der Waals surface area contributed by atoms with Crippen molar-refractivity contribution in [2.45, 2.75) is 24.9 Å². The molecule has 27 heavy (non-hydrogen) atoms. The lowest BCUT2D eigenvalue weighted by Gasteiger charge is -2.26. The third-order valence-corrected chi connectivity index (χ3v) is 4.71. The minimum atomic E-state index is -4.46. The molecule has 0 bridgehead atoms. The summed E-state index contributed by atoms with van der Waals surface area (Å²) in [6.45, 7) is 2.01. The Morgan fingerprint density at radius 3 is 2.48 bits per heavy atom. The summed E-state index contributed by atoms with van der Waals surface area (Å²) >= 11 is 0. The van der Waals surface area contributed by atoms with Crippen LogP contribution < -0.4 is 4.90 Å². The van der Waals surface area contributed by atoms with Crippen LogP contribution in [0.4, 0.5) is 19.0 Å².